The quantitative estimate of drug-likeness (QED) is 0.668. The smallest absolute Gasteiger partial charge is 0.231 e. The number of fused-ring (bicyclic) bond motifs is 1. The molecule has 2 aromatic carbocycles. The van der Waals surface area contributed by atoms with Gasteiger partial charge < -0.3 is 14.8 Å². The second-order valence-corrected chi connectivity index (χ2v) is 7.91. The van der Waals surface area contributed by atoms with Crippen LogP contribution in [0.2, 0.25) is 0 Å². The molecular weight excluding hydrogens is 332 g/mol. The molecule has 1 aliphatic heterocycles. The van der Waals surface area contributed by atoms with Crippen LogP contribution in [0.3, 0.4) is 0 Å². The molecule has 4 nitrogen and oxygen atoms in total. The van der Waals surface area contributed by atoms with E-state index in [1.807, 2.05) is 17.5 Å². The van der Waals surface area contributed by atoms with Gasteiger partial charge in [0.25, 0.3) is 0 Å². The van der Waals surface area contributed by atoms with Crippen LogP contribution in [-0.4, -0.2) is 11.8 Å². The number of benzene rings is 2. The lowest BCUT2D eigenvalue weighted by atomic mass is 9.86. The fourth-order valence-electron chi connectivity index (χ4n) is 2.90. The molecule has 2 heterocycles. The van der Waals surface area contributed by atoms with E-state index in [0.717, 1.165) is 33.4 Å². The minimum Gasteiger partial charge on any atom is -0.454 e. The van der Waals surface area contributed by atoms with Crippen LogP contribution in [0, 0.1) is 0 Å². The molecule has 0 saturated carbocycles. The first kappa shape index (κ1) is 16.0. The summed E-state index contributed by atoms with van der Waals surface area (Å²) >= 11 is 1.57. The second kappa shape index (κ2) is 6.08. The summed E-state index contributed by atoms with van der Waals surface area (Å²) in [5.41, 5.74) is 4.48. The van der Waals surface area contributed by atoms with Gasteiger partial charge in [-0.05, 0) is 28.7 Å². The molecular formula is C20H20N2O2S. The summed E-state index contributed by atoms with van der Waals surface area (Å²) in [5, 5.41) is 6.20. The van der Waals surface area contributed by atoms with E-state index in [9.17, 15) is 0 Å². The largest absolute Gasteiger partial charge is 0.454 e. The summed E-state index contributed by atoms with van der Waals surface area (Å²) < 4.78 is 11.3. The van der Waals surface area contributed by atoms with Crippen molar-refractivity contribution in [1.82, 2.24) is 4.98 Å². The lowest BCUT2D eigenvalue weighted by molar-refractivity contribution is 0.174. The zero-order chi connectivity index (χ0) is 17.4. The van der Waals surface area contributed by atoms with Crippen LogP contribution in [-0.2, 0) is 5.41 Å². The summed E-state index contributed by atoms with van der Waals surface area (Å²) in [6.07, 6.45) is 1.79. The Morgan fingerprint density at radius 1 is 1.04 bits per heavy atom. The van der Waals surface area contributed by atoms with Crippen molar-refractivity contribution in [2.24, 2.45) is 0 Å². The maximum atomic E-state index is 5.76. The molecule has 25 heavy (non-hydrogen) atoms. The highest BCUT2D eigenvalue weighted by Crippen LogP contribution is 2.46. The Labute approximate surface area is 151 Å². The Morgan fingerprint density at radius 2 is 1.84 bits per heavy atom. The Balaban J connectivity index is 1.80. The predicted octanol–water partition coefficient (Wildman–Crippen LogP) is 5.58. The van der Waals surface area contributed by atoms with E-state index >= 15 is 0 Å². The van der Waals surface area contributed by atoms with E-state index in [1.54, 1.807) is 17.5 Å². The van der Waals surface area contributed by atoms with Gasteiger partial charge in [0.15, 0.2) is 16.6 Å². The molecule has 0 spiro atoms. The normalized spacial score (nSPS) is 13.1. The van der Waals surface area contributed by atoms with Crippen molar-refractivity contribution in [2.45, 2.75) is 26.2 Å². The van der Waals surface area contributed by atoms with Crippen molar-refractivity contribution < 1.29 is 9.47 Å². The number of anilines is 2. The SMILES string of the molecule is CC(C)(C)c1ccc(-c2c(Nc3nccs3)ccc3c2OCO3)cc1. The average Bonchev–Trinajstić information content (AvgIpc) is 3.25. The minimum atomic E-state index is 0.124. The summed E-state index contributed by atoms with van der Waals surface area (Å²) in [4.78, 5) is 4.32. The lowest BCUT2D eigenvalue weighted by Crippen LogP contribution is -2.10. The van der Waals surface area contributed by atoms with Gasteiger partial charge in [0.05, 0.1) is 11.3 Å². The molecule has 4 rings (SSSR count). The van der Waals surface area contributed by atoms with Gasteiger partial charge in [-0.3, -0.25) is 0 Å². The third-order valence-electron chi connectivity index (χ3n) is 4.25. The van der Waals surface area contributed by atoms with Crippen LogP contribution in [0.15, 0.2) is 48.0 Å². The van der Waals surface area contributed by atoms with E-state index in [4.69, 9.17) is 9.47 Å². The fraction of sp³-hybridized carbons (Fsp3) is 0.250. The Bertz CT molecular complexity index is 881. The molecule has 1 N–H and O–H groups in total. The van der Waals surface area contributed by atoms with Gasteiger partial charge in [-0.15, -0.1) is 11.3 Å². The summed E-state index contributed by atoms with van der Waals surface area (Å²) in [5.74, 6) is 1.56. The number of aromatic nitrogens is 1. The number of hydrogen-bond donors (Lipinski definition) is 1. The molecule has 1 aliphatic rings. The summed E-state index contributed by atoms with van der Waals surface area (Å²) in [6, 6.07) is 12.6. The Morgan fingerprint density at radius 3 is 2.52 bits per heavy atom. The molecule has 128 valence electrons. The minimum absolute atomic E-state index is 0.124. The molecule has 3 aromatic rings. The van der Waals surface area contributed by atoms with Crippen LogP contribution >= 0.6 is 11.3 Å². The van der Waals surface area contributed by atoms with E-state index in [0.29, 0.717) is 0 Å². The Hall–Kier alpha value is -2.53. The topological polar surface area (TPSA) is 43.4 Å². The van der Waals surface area contributed by atoms with Gasteiger partial charge in [-0.25, -0.2) is 4.98 Å². The maximum absolute atomic E-state index is 5.76. The molecule has 0 amide bonds. The van der Waals surface area contributed by atoms with Crippen molar-refractivity contribution in [1.29, 1.82) is 0 Å². The van der Waals surface area contributed by atoms with Crippen molar-refractivity contribution in [3.05, 3.63) is 53.5 Å². The number of nitrogens with zero attached hydrogens (tertiary/aromatic N) is 1. The number of hydrogen-bond acceptors (Lipinski definition) is 5. The maximum Gasteiger partial charge on any atom is 0.231 e. The van der Waals surface area contributed by atoms with Crippen LogP contribution in [0.25, 0.3) is 11.1 Å². The van der Waals surface area contributed by atoms with Crippen molar-refractivity contribution in [2.75, 3.05) is 12.1 Å². The van der Waals surface area contributed by atoms with Crippen LogP contribution in [0.1, 0.15) is 26.3 Å². The number of rotatable bonds is 3. The zero-order valence-corrected chi connectivity index (χ0v) is 15.3. The van der Waals surface area contributed by atoms with Crippen molar-refractivity contribution >= 4 is 22.2 Å². The molecule has 0 bridgehead atoms. The van der Waals surface area contributed by atoms with E-state index in [2.05, 4.69) is 55.3 Å². The monoisotopic (exact) mass is 352 g/mol. The van der Waals surface area contributed by atoms with Crippen molar-refractivity contribution in [3.63, 3.8) is 0 Å². The standard InChI is InChI=1S/C20H20N2O2S/c1-20(2,3)14-6-4-13(5-7-14)17-15(22-19-21-10-11-25-19)8-9-16-18(17)24-12-23-16/h4-11H,12H2,1-3H3,(H,21,22). The van der Waals surface area contributed by atoms with E-state index in [-0.39, 0.29) is 12.2 Å². The van der Waals surface area contributed by atoms with Crippen molar-refractivity contribution in [3.8, 4) is 22.6 Å². The highest BCUT2D eigenvalue weighted by Gasteiger charge is 2.23. The molecule has 1 aromatic heterocycles. The molecule has 0 radical (unpaired) electrons. The number of ether oxygens (including phenoxy) is 2. The van der Waals surface area contributed by atoms with Gasteiger partial charge in [0.2, 0.25) is 6.79 Å². The first-order valence-corrected chi connectivity index (χ1v) is 9.10. The molecule has 0 fully saturated rings. The average molecular weight is 352 g/mol. The second-order valence-electron chi connectivity index (χ2n) is 7.01. The summed E-state index contributed by atoms with van der Waals surface area (Å²) in [7, 11) is 0. The summed E-state index contributed by atoms with van der Waals surface area (Å²) in [6.45, 7) is 6.90. The predicted molar refractivity (Wildman–Crippen MR) is 102 cm³/mol. The van der Waals surface area contributed by atoms with Gasteiger partial charge in [0.1, 0.15) is 0 Å². The molecule has 5 heteroatoms. The fourth-order valence-corrected chi connectivity index (χ4v) is 3.44. The molecule has 0 saturated heterocycles. The van der Waals surface area contributed by atoms with E-state index < -0.39 is 0 Å². The zero-order valence-electron chi connectivity index (χ0n) is 14.5. The highest BCUT2D eigenvalue weighted by atomic mass is 32.1. The van der Waals surface area contributed by atoms with Crippen LogP contribution < -0.4 is 14.8 Å². The van der Waals surface area contributed by atoms with Gasteiger partial charge in [0, 0.05) is 11.6 Å². The third-order valence-corrected chi connectivity index (χ3v) is 4.94. The molecule has 0 aliphatic carbocycles. The lowest BCUT2D eigenvalue weighted by Gasteiger charge is -2.20. The van der Waals surface area contributed by atoms with Gasteiger partial charge >= 0.3 is 0 Å². The first-order valence-electron chi connectivity index (χ1n) is 8.22. The van der Waals surface area contributed by atoms with Crippen LogP contribution in [0.4, 0.5) is 10.8 Å². The van der Waals surface area contributed by atoms with Crippen LogP contribution in [0.5, 0.6) is 11.5 Å². The Kier molecular flexibility index (Phi) is 3.88. The third kappa shape index (κ3) is 3.07. The van der Waals surface area contributed by atoms with E-state index in [1.165, 1.54) is 5.56 Å². The molecule has 0 atom stereocenters. The molecule has 0 unspecified atom stereocenters. The van der Waals surface area contributed by atoms with Gasteiger partial charge in [-0.2, -0.15) is 0 Å². The highest BCUT2D eigenvalue weighted by molar-refractivity contribution is 7.13. The number of thiazole rings is 1. The number of nitrogens with one attached hydrogen (secondary N) is 1. The first-order chi connectivity index (χ1) is 12.0. The van der Waals surface area contributed by atoms with Gasteiger partial charge in [-0.1, -0.05) is 45.0 Å².